The number of fused-ring (bicyclic) bond motifs is 2. The number of aliphatic hydroxyl groups is 2. The second-order valence-electron chi connectivity index (χ2n) is 17.3. The molecule has 2 N–H and O–H groups in total. The Hall–Kier alpha value is -3.93. The van der Waals surface area contributed by atoms with Crippen molar-refractivity contribution in [3.8, 4) is 11.5 Å². The molecule has 1 saturated carbocycles. The van der Waals surface area contributed by atoms with Gasteiger partial charge in [0.05, 0.1) is 24.8 Å². The van der Waals surface area contributed by atoms with Gasteiger partial charge in [0.2, 0.25) is 5.79 Å². The third-order valence-electron chi connectivity index (χ3n) is 13.0. The monoisotopic (exact) mass is 863 g/mol. The number of hydrogen-bond donors (Lipinski definition) is 2. The number of aliphatic hydroxyl groups excluding tert-OH is 2. The molecule has 1 heterocycles. The molecule has 344 valence electrons. The molecule has 2 aromatic rings. The van der Waals surface area contributed by atoms with Crippen molar-refractivity contribution in [3.05, 3.63) is 83.7 Å². The minimum Gasteiger partial charge on any atom is -0.489 e. The second-order valence-corrected chi connectivity index (χ2v) is 17.3. The third kappa shape index (κ3) is 12.6. The van der Waals surface area contributed by atoms with Crippen LogP contribution in [0.25, 0.3) is 0 Å². The highest BCUT2D eigenvalue weighted by Crippen LogP contribution is 2.62. The molecule has 2 aliphatic carbocycles. The standard InChI is InChI=1S/C51H75FN2O8/c1-5-8-9-10-11-12-13-14-15-22-33-59-50(57)54(29-6-2)47-36-45(53-58-4)42-34-38(23-18-20-30-55)41(25-19-21-31-56)48-43-35-40(60-37-39-24-16-17-26-44(39)52)27-28-46(43)62-51(47,49(42)48)61-32-7-3/h7,16-17,24,26-28,34-35,38,41,47-49,55-56H,3,5-6,8-15,18-23,25,29-33,36-37H2,1-2,4H3. The first-order valence-electron chi connectivity index (χ1n) is 23.8. The Morgan fingerprint density at radius 2 is 1.65 bits per heavy atom. The number of amides is 1. The molecule has 3 aliphatic rings. The van der Waals surface area contributed by atoms with Crippen LogP contribution in [-0.2, 0) is 20.9 Å². The highest BCUT2D eigenvalue weighted by molar-refractivity contribution is 6.02. The first-order chi connectivity index (χ1) is 30.4. The predicted molar refractivity (Wildman–Crippen MR) is 243 cm³/mol. The van der Waals surface area contributed by atoms with Gasteiger partial charge in [-0.25, -0.2) is 9.18 Å². The van der Waals surface area contributed by atoms with E-state index in [1.54, 1.807) is 36.3 Å². The van der Waals surface area contributed by atoms with E-state index in [0.717, 1.165) is 61.8 Å². The second kappa shape index (κ2) is 26.0. The van der Waals surface area contributed by atoms with Crippen LogP contribution in [0.4, 0.5) is 9.18 Å². The van der Waals surface area contributed by atoms with E-state index < -0.39 is 23.8 Å². The summed E-state index contributed by atoms with van der Waals surface area (Å²) in [6.45, 7) is 9.51. The molecule has 6 atom stereocenters. The van der Waals surface area contributed by atoms with Crippen LogP contribution in [0.3, 0.4) is 0 Å². The summed E-state index contributed by atoms with van der Waals surface area (Å²) in [5.41, 5.74) is 3.09. The Kier molecular flexibility index (Phi) is 20.6. The lowest BCUT2D eigenvalue weighted by molar-refractivity contribution is -0.255. The zero-order valence-corrected chi connectivity index (χ0v) is 37.9. The summed E-state index contributed by atoms with van der Waals surface area (Å²) in [5.74, 6) is -0.958. The van der Waals surface area contributed by atoms with Gasteiger partial charge in [-0.2, -0.15) is 0 Å². The predicted octanol–water partition coefficient (Wildman–Crippen LogP) is 11.4. The molecule has 0 saturated heterocycles. The van der Waals surface area contributed by atoms with Crippen LogP contribution >= 0.6 is 0 Å². The molecule has 0 bridgehead atoms. The van der Waals surface area contributed by atoms with Crippen molar-refractivity contribution in [1.82, 2.24) is 4.90 Å². The number of oxime groups is 1. The van der Waals surface area contributed by atoms with Gasteiger partial charge in [-0.3, -0.25) is 4.90 Å². The summed E-state index contributed by atoms with van der Waals surface area (Å²) in [6, 6.07) is 11.7. The molecule has 1 aliphatic heterocycles. The van der Waals surface area contributed by atoms with E-state index in [2.05, 4.69) is 31.7 Å². The SMILES string of the molecule is C=CCOC12Oc3ccc(OCc4ccccc4F)cc3C3C(CCCCO)C(CCCCO)C=C(C(=NOC)CC1N(CCC)C(=O)OCCCCCCCCCCCC)C32. The molecule has 10 nitrogen and oxygen atoms in total. The van der Waals surface area contributed by atoms with Gasteiger partial charge in [0.15, 0.2) is 0 Å². The van der Waals surface area contributed by atoms with Gasteiger partial charge in [0, 0.05) is 43.2 Å². The number of ether oxygens (including phenoxy) is 4. The van der Waals surface area contributed by atoms with E-state index in [-0.39, 0.29) is 50.0 Å². The van der Waals surface area contributed by atoms with Crippen LogP contribution in [0, 0.1) is 23.6 Å². The molecule has 5 rings (SSSR count). The fourth-order valence-electron chi connectivity index (χ4n) is 10.1. The summed E-state index contributed by atoms with van der Waals surface area (Å²) < 4.78 is 41.4. The maximum absolute atomic E-state index is 14.7. The zero-order valence-electron chi connectivity index (χ0n) is 37.9. The normalized spacial score (nSPS) is 23.2. The van der Waals surface area contributed by atoms with Gasteiger partial charge in [0.1, 0.15) is 37.1 Å². The van der Waals surface area contributed by atoms with Gasteiger partial charge in [-0.05, 0) is 80.2 Å². The molecule has 6 unspecified atom stereocenters. The molecule has 0 radical (unpaired) electrons. The molecular weight excluding hydrogens is 788 g/mol. The molecule has 0 aromatic heterocycles. The summed E-state index contributed by atoms with van der Waals surface area (Å²) in [7, 11) is 1.55. The van der Waals surface area contributed by atoms with Gasteiger partial charge in [0.25, 0.3) is 0 Å². The van der Waals surface area contributed by atoms with Crippen molar-refractivity contribution in [2.75, 3.05) is 40.1 Å². The molecule has 62 heavy (non-hydrogen) atoms. The number of rotatable bonds is 29. The molecule has 0 spiro atoms. The minimum atomic E-state index is -1.36. The van der Waals surface area contributed by atoms with Crippen LogP contribution < -0.4 is 9.47 Å². The van der Waals surface area contributed by atoms with E-state index in [1.165, 1.54) is 51.0 Å². The quantitative estimate of drug-likeness (QED) is 0.0471. The topological polar surface area (TPSA) is 119 Å². The van der Waals surface area contributed by atoms with Crippen molar-refractivity contribution < 1.29 is 43.2 Å². The minimum absolute atomic E-state index is 0.0571. The maximum atomic E-state index is 14.7. The van der Waals surface area contributed by atoms with E-state index in [0.29, 0.717) is 55.9 Å². The van der Waals surface area contributed by atoms with Crippen molar-refractivity contribution in [2.24, 2.45) is 22.9 Å². The van der Waals surface area contributed by atoms with Crippen LogP contribution in [0.1, 0.15) is 146 Å². The number of unbranched alkanes of at least 4 members (excludes halogenated alkanes) is 11. The first kappa shape index (κ1) is 49.1. The molecular formula is C51H75FN2O8. The van der Waals surface area contributed by atoms with E-state index in [4.69, 9.17) is 23.8 Å². The van der Waals surface area contributed by atoms with Crippen molar-refractivity contribution >= 4 is 11.8 Å². The van der Waals surface area contributed by atoms with Crippen LogP contribution in [0.2, 0.25) is 0 Å². The van der Waals surface area contributed by atoms with E-state index in [9.17, 15) is 19.4 Å². The number of halogens is 1. The number of carbonyl (C=O) groups excluding carboxylic acids is 1. The number of allylic oxidation sites excluding steroid dienone is 1. The van der Waals surface area contributed by atoms with Crippen molar-refractivity contribution in [3.63, 3.8) is 0 Å². The molecule has 11 heteroatoms. The van der Waals surface area contributed by atoms with Gasteiger partial charge < -0.3 is 34.0 Å². The van der Waals surface area contributed by atoms with Gasteiger partial charge >= 0.3 is 6.09 Å². The largest absolute Gasteiger partial charge is 0.489 e. The van der Waals surface area contributed by atoms with E-state index >= 15 is 0 Å². The van der Waals surface area contributed by atoms with Crippen molar-refractivity contribution in [1.29, 1.82) is 0 Å². The smallest absolute Gasteiger partial charge is 0.410 e. The summed E-state index contributed by atoms with van der Waals surface area (Å²) in [5, 5.41) is 24.4. The third-order valence-corrected chi connectivity index (χ3v) is 13.0. The van der Waals surface area contributed by atoms with Crippen LogP contribution in [0.5, 0.6) is 11.5 Å². The van der Waals surface area contributed by atoms with Crippen LogP contribution in [0.15, 0.2) is 71.9 Å². The fraction of sp³-hybridized carbons (Fsp3) is 0.647. The Balaban J connectivity index is 1.54. The number of hydrogen-bond acceptors (Lipinski definition) is 9. The Bertz CT molecular complexity index is 1730. The Morgan fingerprint density at radius 1 is 0.935 bits per heavy atom. The first-order valence-corrected chi connectivity index (χ1v) is 23.8. The summed E-state index contributed by atoms with van der Waals surface area (Å²) in [4.78, 5) is 21.8. The van der Waals surface area contributed by atoms with E-state index in [1.807, 2.05) is 18.2 Å². The lowest BCUT2D eigenvalue weighted by Crippen LogP contribution is -2.70. The molecule has 2 aromatic carbocycles. The highest BCUT2D eigenvalue weighted by atomic mass is 19.1. The lowest BCUT2D eigenvalue weighted by Gasteiger charge is -2.59. The van der Waals surface area contributed by atoms with Crippen molar-refractivity contribution in [2.45, 2.75) is 154 Å². The summed E-state index contributed by atoms with van der Waals surface area (Å²) in [6.07, 6.45) is 21.2. The number of carbonyl (C=O) groups is 1. The number of benzene rings is 2. The Morgan fingerprint density at radius 3 is 2.32 bits per heavy atom. The highest BCUT2D eigenvalue weighted by Gasteiger charge is 2.65. The zero-order chi connectivity index (χ0) is 44.2. The average molecular weight is 863 g/mol. The molecule has 1 fully saturated rings. The van der Waals surface area contributed by atoms with Crippen LogP contribution in [-0.4, -0.2) is 78.8 Å². The van der Waals surface area contributed by atoms with Gasteiger partial charge in [-0.1, -0.05) is 120 Å². The average Bonchev–Trinajstić information content (AvgIpc) is 3.28. The summed E-state index contributed by atoms with van der Waals surface area (Å²) >= 11 is 0. The van der Waals surface area contributed by atoms with Gasteiger partial charge in [-0.15, -0.1) is 6.58 Å². The fourth-order valence-corrected chi connectivity index (χ4v) is 10.1. The Labute approximate surface area is 370 Å². The maximum Gasteiger partial charge on any atom is 0.410 e. The lowest BCUT2D eigenvalue weighted by atomic mass is 9.55. The number of nitrogens with zero attached hydrogens (tertiary/aromatic N) is 2. The molecule has 1 amide bonds.